The van der Waals surface area contributed by atoms with Gasteiger partial charge in [0.05, 0.1) is 0 Å². The summed E-state index contributed by atoms with van der Waals surface area (Å²) in [5.41, 5.74) is 9.79. The average molecular weight is 324 g/mol. The Morgan fingerprint density at radius 3 is 2.08 bits per heavy atom. The van der Waals surface area contributed by atoms with Crippen LogP contribution >= 0.6 is 0 Å². The maximum Gasteiger partial charge on any atom is -0.000751 e. The summed E-state index contributed by atoms with van der Waals surface area (Å²) in [6, 6.07) is 26.5. The number of rotatable bonds is 2. The monoisotopic (exact) mass is 324 g/mol. The predicted octanol–water partition coefficient (Wildman–Crippen LogP) is 6.75. The molecular formula is C25H24. The van der Waals surface area contributed by atoms with E-state index in [4.69, 9.17) is 0 Å². The number of hydrogen-bond acceptors (Lipinski definition) is 0. The van der Waals surface area contributed by atoms with E-state index >= 15 is 0 Å². The zero-order valence-electron chi connectivity index (χ0n) is 15.2. The first kappa shape index (κ1) is 15.9. The van der Waals surface area contributed by atoms with Crippen LogP contribution in [0.3, 0.4) is 0 Å². The number of fused-ring (bicyclic) bond motifs is 1. The molecule has 3 aromatic rings. The summed E-state index contributed by atoms with van der Waals surface area (Å²) in [7, 11) is 0. The van der Waals surface area contributed by atoms with Crippen LogP contribution in [0.4, 0.5) is 0 Å². The summed E-state index contributed by atoms with van der Waals surface area (Å²) in [4.78, 5) is 0. The molecule has 0 atom stereocenters. The maximum absolute atomic E-state index is 2.34. The summed E-state index contributed by atoms with van der Waals surface area (Å²) >= 11 is 0. The molecule has 0 unspecified atom stereocenters. The first-order chi connectivity index (χ1) is 12.0. The lowest BCUT2D eigenvalue weighted by Gasteiger charge is -2.19. The molecule has 3 aromatic carbocycles. The SMILES string of the molecule is CC(C)(C)c1ccc(-c2cccc3c2CC(c2ccccc2)=C3)cc1. The minimum Gasteiger partial charge on any atom is -0.0622 e. The van der Waals surface area contributed by atoms with Gasteiger partial charge in [0, 0.05) is 0 Å². The highest BCUT2D eigenvalue weighted by atomic mass is 14.2. The van der Waals surface area contributed by atoms with Crippen molar-refractivity contribution in [3.63, 3.8) is 0 Å². The van der Waals surface area contributed by atoms with Gasteiger partial charge in [-0.05, 0) is 50.8 Å². The molecule has 0 nitrogen and oxygen atoms in total. The zero-order valence-corrected chi connectivity index (χ0v) is 15.2. The van der Waals surface area contributed by atoms with E-state index in [1.165, 1.54) is 39.0 Å². The Morgan fingerprint density at radius 2 is 1.40 bits per heavy atom. The third-order valence-electron chi connectivity index (χ3n) is 5.12. The van der Waals surface area contributed by atoms with Gasteiger partial charge in [0.15, 0.2) is 0 Å². The molecule has 0 fully saturated rings. The smallest absolute Gasteiger partial charge is 0.000751 e. The molecule has 0 saturated heterocycles. The van der Waals surface area contributed by atoms with Crippen molar-refractivity contribution in [1.29, 1.82) is 0 Å². The van der Waals surface area contributed by atoms with Crippen LogP contribution in [-0.4, -0.2) is 0 Å². The minimum atomic E-state index is 0.194. The summed E-state index contributed by atoms with van der Waals surface area (Å²) in [6.45, 7) is 6.79. The Bertz CT molecular complexity index is 920. The van der Waals surface area contributed by atoms with Gasteiger partial charge in [0.1, 0.15) is 0 Å². The third kappa shape index (κ3) is 3.05. The van der Waals surface area contributed by atoms with Gasteiger partial charge < -0.3 is 0 Å². The predicted molar refractivity (Wildman–Crippen MR) is 109 cm³/mol. The van der Waals surface area contributed by atoms with E-state index in [2.05, 4.69) is 99.6 Å². The normalized spacial score (nSPS) is 13.5. The van der Waals surface area contributed by atoms with Crippen LogP contribution in [0, 0.1) is 0 Å². The quantitative estimate of drug-likeness (QED) is 0.489. The lowest BCUT2D eigenvalue weighted by atomic mass is 9.85. The molecule has 0 aromatic heterocycles. The maximum atomic E-state index is 2.34. The van der Waals surface area contributed by atoms with Crippen molar-refractivity contribution in [2.24, 2.45) is 0 Å². The Labute approximate surface area is 150 Å². The summed E-state index contributed by atoms with van der Waals surface area (Å²) in [5, 5.41) is 0. The van der Waals surface area contributed by atoms with Gasteiger partial charge in [0.2, 0.25) is 0 Å². The highest BCUT2D eigenvalue weighted by Gasteiger charge is 2.19. The fraction of sp³-hybridized carbons (Fsp3) is 0.200. The average Bonchev–Trinajstić information content (AvgIpc) is 3.06. The van der Waals surface area contributed by atoms with Crippen molar-refractivity contribution in [3.8, 4) is 11.1 Å². The van der Waals surface area contributed by atoms with E-state index in [1.54, 1.807) is 0 Å². The van der Waals surface area contributed by atoms with Crippen molar-refractivity contribution >= 4 is 11.6 Å². The number of benzene rings is 3. The Morgan fingerprint density at radius 1 is 0.680 bits per heavy atom. The van der Waals surface area contributed by atoms with Crippen LogP contribution in [0.15, 0.2) is 72.8 Å². The summed E-state index contributed by atoms with van der Waals surface area (Å²) in [6.07, 6.45) is 3.36. The molecule has 0 heteroatoms. The van der Waals surface area contributed by atoms with Crippen molar-refractivity contribution in [2.45, 2.75) is 32.6 Å². The molecule has 0 heterocycles. The van der Waals surface area contributed by atoms with E-state index < -0.39 is 0 Å². The first-order valence-corrected chi connectivity index (χ1v) is 9.01. The first-order valence-electron chi connectivity index (χ1n) is 9.01. The van der Waals surface area contributed by atoms with Crippen LogP contribution in [0.5, 0.6) is 0 Å². The van der Waals surface area contributed by atoms with Crippen molar-refractivity contribution < 1.29 is 0 Å². The molecule has 0 aliphatic heterocycles. The van der Waals surface area contributed by atoms with E-state index in [0.29, 0.717) is 0 Å². The molecule has 4 rings (SSSR count). The highest BCUT2D eigenvalue weighted by molar-refractivity contribution is 5.92. The van der Waals surface area contributed by atoms with Crippen molar-refractivity contribution in [1.82, 2.24) is 0 Å². The van der Waals surface area contributed by atoms with Crippen molar-refractivity contribution in [2.75, 3.05) is 0 Å². The molecule has 124 valence electrons. The minimum absolute atomic E-state index is 0.194. The highest BCUT2D eigenvalue weighted by Crippen LogP contribution is 2.38. The molecule has 1 aliphatic carbocycles. The van der Waals surface area contributed by atoms with Crippen LogP contribution in [0.1, 0.15) is 43.0 Å². The summed E-state index contributed by atoms with van der Waals surface area (Å²) < 4.78 is 0. The molecular weight excluding hydrogens is 300 g/mol. The number of hydrogen-bond donors (Lipinski definition) is 0. The second-order valence-corrected chi connectivity index (χ2v) is 7.91. The molecule has 0 amide bonds. The fourth-order valence-corrected chi connectivity index (χ4v) is 3.62. The van der Waals surface area contributed by atoms with Gasteiger partial charge in [-0.25, -0.2) is 0 Å². The van der Waals surface area contributed by atoms with Gasteiger partial charge >= 0.3 is 0 Å². The standard InChI is InChI=1S/C25H24/c1-25(2,3)22-14-12-19(13-15-22)23-11-7-10-20-16-21(17-24(20)23)18-8-5-4-6-9-18/h4-16H,17H2,1-3H3. The van der Waals surface area contributed by atoms with Crippen LogP contribution < -0.4 is 0 Å². The van der Waals surface area contributed by atoms with Gasteiger partial charge in [-0.2, -0.15) is 0 Å². The lowest BCUT2D eigenvalue weighted by molar-refractivity contribution is 0.590. The Balaban J connectivity index is 1.70. The van der Waals surface area contributed by atoms with Crippen LogP contribution in [0.2, 0.25) is 0 Å². The topological polar surface area (TPSA) is 0 Å². The van der Waals surface area contributed by atoms with E-state index in [9.17, 15) is 0 Å². The van der Waals surface area contributed by atoms with E-state index in [1.807, 2.05) is 0 Å². The summed E-state index contributed by atoms with van der Waals surface area (Å²) in [5.74, 6) is 0. The van der Waals surface area contributed by atoms with Crippen LogP contribution in [-0.2, 0) is 11.8 Å². The van der Waals surface area contributed by atoms with Crippen LogP contribution in [0.25, 0.3) is 22.8 Å². The fourth-order valence-electron chi connectivity index (χ4n) is 3.62. The molecule has 0 bridgehead atoms. The second-order valence-electron chi connectivity index (χ2n) is 7.91. The molecule has 0 spiro atoms. The molecule has 1 aliphatic rings. The van der Waals surface area contributed by atoms with Gasteiger partial charge in [-0.15, -0.1) is 0 Å². The Kier molecular flexibility index (Phi) is 3.84. The van der Waals surface area contributed by atoms with E-state index in [0.717, 1.165) is 6.42 Å². The number of allylic oxidation sites excluding steroid dienone is 1. The van der Waals surface area contributed by atoms with Gasteiger partial charge in [-0.3, -0.25) is 0 Å². The van der Waals surface area contributed by atoms with E-state index in [-0.39, 0.29) is 5.41 Å². The van der Waals surface area contributed by atoms with Crippen molar-refractivity contribution in [3.05, 3.63) is 95.1 Å². The zero-order chi connectivity index (χ0) is 17.4. The largest absolute Gasteiger partial charge is 0.0622 e. The molecule has 0 saturated carbocycles. The Hall–Kier alpha value is -2.60. The molecule has 0 N–H and O–H groups in total. The second kappa shape index (κ2) is 6.04. The lowest BCUT2D eigenvalue weighted by Crippen LogP contribution is -2.10. The van der Waals surface area contributed by atoms with Gasteiger partial charge in [-0.1, -0.05) is 99.6 Å². The van der Waals surface area contributed by atoms with Gasteiger partial charge in [0.25, 0.3) is 0 Å². The molecule has 25 heavy (non-hydrogen) atoms. The molecule has 0 radical (unpaired) electrons. The third-order valence-corrected chi connectivity index (χ3v) is 5.12.